The number of hydrogen-bond donors (Lipinski definition) is 1. The Morgan fingerprint density at radius 1 is 1.18 bits per heavy atom. The fraction of sp³-hybridized carbons (Fsp3) is 0.188. The van der Waals surface area contributed by atoms with E-state index in [1.54, 1.807) is 23.0 Å². The highest BCUT2D eigenvalue weighted by Crippen LogP contribution is 2.31. The van der Waals surface area contributed by atoms with Crippen LogP contribution in [0, 0.1) is 0 Å². The maximum absolute atomic E-state index is 12.1. The molecule has 4 rings (SSSR count). The van der Waals surface area contributed by atoms with E-state index in [-0.39, 0.29) is 5.78 Å². The van der Waals surface area contributed by atoms with Crippen LogP contribution in [-0.4, -0.2) is 20.5 Å². The van der Waals surface area contributed by atoms with E-state index in [2.05, 4.69) is 10.1 Å². The summed E-state index contributed by atoms with van der Waals surface area (Å²) in [7, 11) is 0. The Morgan fingerprint density at radius 3 is 2.73 bits per heavy atom. The summed E-state index contributed by atoms with van der Waals surface area (Å²) in [5.41, 5.74) is 9.58. The third-order valence-electron chi connectivity index (χ3n) is 4.00. The summed E-state index contributed by atoms with van der Waals surface area (Å²) < 4.78 is 1.72. The number of nitrogen functional groups attached to an aromatic ring is 1. The summed E-state index contributed by atoms with van der Waals surface area (Å²) in [6.07, 6.45) is 3.79. The summed E-state index contributed by atoms with van der Waals surface area (Å²) >= 11 is 5.92. The average molecular weight is 313 g/mol. The van der Waals surface area contributed by atoms with Crippen molar-refractivity contribution < 1.29 is 4.79 Å². The highest BCUT2D eigenvalue weighted by molar-refractivity contribution is 6.30. The van der Waals surface area contributed by atoms with Gasteiger partial charge in [0.2, 0.25) is 0 Å². The van der Waals surface area contributed by atoms with Crippen molar-refractivity contribution >= 4 is 34.1 Å². The molecule has 5 nitrogen and oxygen atoms in total. The second kappa shape index (κ2) is 4.81. The molecular formula is C16H13ClN4O. The Hall–Kier alpha value is -2.40. The van der Waals surface area contributed by atoms with Crippen LogP contribution in [-0.2, 0) is 6.42 Å². The highest BCUT2D eigenvalue weighted by atomic mass is 35.5. The number of halogens is 1. The molecule has 1 aliphatic rings. The number of Topliss-reactive ketones (excluding diaryl/α,β-unsaturated/α-hetero) is 1. The first-order chi connectivity index (χ1) is 10.6. The zero-order valence-electron chi connectivity index (χ0n) is 11.7. The van der Waals surface area contributed by atoms with Crippen molar-refractivity contribution in [1.82, 2.24) is 14.8 Å². The number of aromatic nitrogens is 3. The second-order valence-electron chi connectivity index (χ2n) is 5.39. The van der Waals surface area contributed by atoms with E-state index in [1.165, 1.54) is 0 Å². The summed E-state index contributed by atoms with van der Waals surface area (Å²) in [6, 6.07) is 7.35. The van der Waals surface area contributed by atoms with Crippen LogP contribution in [0.1, 0.15) is 28.9 Å². The maximum Gasteiger partial charge on any atom is 0.166 e. The monoisotopic (exact) mass is 312 g/mol. The van der Waals surface area contributed by atoms with Crippen molar-refractivity contribution in [2.75, 3.05) is 5.73 Å². The molecule has 3 aromatic rings. The highest BCUT2D eigenvalue weighted by Gasteiger charge is 2.24. The Morgan fingerprint density at radius 2 is 1.95 bits per heavy atom. The van der Waals surface area contributed by atoms with Crippen molar-refractivity contribution in [3.63, 3.8) is 0 Å². The molecule has 0 saturated carbocycles. The van der Waals surface area contributed by atoms with Crippen LogP contribution in [0.3, 0.4) is 0 Å². The van der Waals surface area contributed by atoms with E-state index < -0.39 is 0 Å². The summed E-state index contributed by atoms with van der Waals surface area (Å²) in [5.74, 6) is 0.0763. The molecule has 2 aromatic heterocycles. The largest absolute Gasteiger partial charge is 0.397 e. The number of nitrogens with two attached hydrogens (primary N) is 1. The number of aryl methyl sites for hydroxylation is 1. The molecule has 0 unspecified atom stereocenters. The van der Waals surface area contributed by atoms with Gasteiger partial charge in [0.15, 0.2) is 11.4 Å². The third-order valence-corrected chi connectivity index (χ3v) is 4.25. The zero-order valence-corrected chi connectivity index (χ0v) is 12.5. The van der Waals surface area contributed by atoms with Crippen molar-refractivity contribution in [2.24, 2.45) is 0 Å². The minimum atomic E-state index is 0.0763. The topological polar surface area (TPSA) is 73.8 Å². The third kappa shape index (κ3) is 1.89. The lowest BCUT2D eigenvalue weighted by Crippen LogP contribution is -2.16. The normalized spacial score (nSPS) is 14.3. The first kappa shape index (κ1) is 13.3. The van der Waals surface area contributed by atoms with Gasteiger partial charge in [0.05, 0.1) is 34.2 Å². The number of anilines is 1. The van der Waals surface area contributed by atoms with Crippen LogP contribution in [0.5, 0.6) is 0 Å². The number of hydrogen-bond acceptors (Lipinski definition) is 4. The standard InChI is InChI=1S/C16H13ClN4O/c17-9-4-6-10(7-5-9)21-16-11(8-19-21)15(18)14-12(20-16)2-1-3-13(14)22/h4-8H,1-3H2,(H2,18,20). The summed E-state index contributed by atoms with van der Waals surface area (Å²) in [5, 5.41) is 5.75. The van der Waals surface area contributed by atoms with Gasteiger partial charge >= 0.3 is 0 Å². The zero-order chi connectivity index (χ0) is 15.3. The van der Waals surface area contributed by atoms with Crippen LogP contribution < -0.4 is 5.73 Å². The minimum Gasteiger partial charge on any atom is -0.397 e. The smallest absolute Gasteiger partial charge is 0.166 e. The molecule has 1 aromatic carbocycles. The molecule has 2 N–H and O–H groups in total. The minimum absolute atomic E-state index is 0.0763. The molecule has 0 amide bonds. The molecule has 0 atom stereocenters. The number of carbonyl (C=O) groups excluding carboxylic acids is 1. The predicted molar refractivity (Wildman–Crippen MR) is 85.6 cm³/mol. The fourth-order valence-corrected chi connectivity index (χ4v) is 3.04. The number of fused-ring (bicyclic) bond motifs is 2. The SMILES string of the molecule is Nc1c2c(nc3c1cnn3-c1ccc(Cl)cc1)CCCC2=O. The molecule has 0 fully saturated rings. The Balaban J connectivity index is 1.98. The van der Waals surface area contributed by atoms with Gasteiger partial charge in [0.1, 0.15) is 0 Å². The number of benzene rings is 1. The Labute approximate surface area is 131 Å². The van der Waals surface area contributed by atoms with Crippen LogP contribution in [0.25, 0.3) is 16.7 Å². The van der Waals surface area contributed by atoms with Crippen LogP contribution in [0.15, 0.2) is 30.5 Å². The maximum atomic E-state index is 12.1. The molecule has 6 heteroatoms. The van der Waals surface area contributed by atoms with Gasteiger partial charge in [-0.3, -0.25) is 4.79 Å². The molecule has 22 heavy (non-hydrogen) atoms. The number of ketones is 1. The second-order valence-corrected chi connectivity index (χ2v) is 5.83. The van der Waals surface area contributed by atoms with Gasteiger partial charge in [-0.15, -0.1) is 0 Å². The van der Waals surface area contributed by atoms with Gasteiger partial charge in [-0.25, -0.2) is 9.67 Å². The molecule has 0 aliphatic heterocycles. The molecule has 0 bridgehead atoms. The molecule has 0 saturated heterocycles. The Kier molecular flexibility index (Phi) is 2.90. The van der Waals surface area contributed by atoms with E-state index in [0.29, 0.717) is 33.7 Å². The van der Waals surface area contributed by atoms with Crippen molar-refractivity contribution in [3.8, 4) is 5.69 Å². The van der Waals surface area contributed by atoms with Crippen LogP contribution >= 0.6 is 11.6 Å². The molecule has 0 radical (unpaired) electrons. The van der Waals surface area contributed by atoms with Gasteiger partial charge in [-0.2, -0.15) is 5.10 Å². The summed E-state index contributed by atoms with van der Waals surface area (Å²) in [4.78, 5) is 16.8. The quantitative estimate of drug-likeness (QED) is 0.749. The lowest BCUT2D eigenvalue weighted by molar-refractivity contribution is 0.0972. The first-order valence-corrected chi connectivity index (χ1v) is 7.48. The number of rotatable bonds is 1. The molecule has 2 heterocycles. The number of pyridine rings is 1. The molecule has 110 valence electrons. The first-order valence-electron chi connectivity index (χ1n) is 7.10. The molecule has 1 aliphatic carbocycles. The van der Waals surface area contributed by atoms with Gasteiger partial charge in [-0.05, 0) is 37.1 Å². The predicted octanol–water partition coefficient (Wildman–Crippen LogP) is 3.18. The van der Waals surface area contributed by atoms with Gasteiger partial charge in [-0.1, -0.05) is 11.6 Å². The van der Waals surface area contributed by atoms with Gasteiger partial charge in [0.25, 0.3) is 0 Å². The lowest BCUT2D eigenvalue weighted by Gasteiger charge is -2.16. The summed E-state index contributed by atoms with van der Waals surface area (Å²) in [6.45, 7) is 0. The van der Waals surface area contributed by atoms with Crippen molar-refractivity contribution in [2.45, 2.75) is 19.3 Å². The van der Waals surface area contributed by atoms with E-state index >= 15 is 0 Å². The number of carbonyl (C=O) groups is 1. The van der Waals surface area contributed by atoms with Crippen LogP contribution in [0.4, 0.5) is 5.69 Å². The van der Waals surface area contributed by atoms with Crippen molar-refractivity contribution in [3.05, 3.63) is 46.7 Å². The molecular weight excluding hydrogens is 300 g/mol. The fourth-order valence-electron chi connectivity index (χ4n) is 2.92. The average Bonchev–Trinajstić information content (AvgIpc) is 2.92. The Bertz CT molecular complexity index is 899. The molecule has 0 spiro atoms. The van der Waals surface area contributed by atoms with Gasteiger partial charge < -0.3 is 5.73 Å². The van der Waals surface area contributed by atoms with E-state index in [4.69, 9.17) is 17.3 Å². The van der Waals surface area contributed by atoms with Gasteiger partial charge in [0, 0.05) is 11.4 Å². The van der Waals surface area contributed by atoms with Crippen molar-refractivity contribution in [1.29, 1.82) is 0 Å². The van der Waals surface area contributed by atoms with E-state index in [1.807, 2.05) is 12.1 Å². The number of nitrogens with zero attached hydrogens (tertiary/aromatic N) is 3. The van der Waals surface area contributed by atoms with E-state index in [0.717, 1.165) is 24.2 Å². The van der Waals surface area contributed by atoms with E-state index in [9.17, 15) is 4.79 Å². The lowest BCUT2D eigenvalue weighted by atomic mass is 9.93. The van der Waals surface area contributed by atoms with Crippen LogP contribution in [0.2, 0.25) is 5.02 Å².